The lowest BCUT2D eigenvalue weighted by Gasteiger charge is -2.14. The first-order valence-electron chi connectivity index (χ1n) is 5.17. The van der Waals surface area contributed by atoms with E-state index in [-0.39, 0.29) is 11.7 Å². The van der Waals surface area contributed by atoms with Gasteiger partial charge in [-0.1, -0.05) is 30.7 Å². The van der Waals surface area contributed by atoms with Crippen molar-refractivity contribution >= 4 is 38.9 Å². The van der Waals surface area contributed by atoms with Crippen molar-refractivity contribution in [1.29, 1.82) is 0 Å². The maximum atomic E-state index is 11.8. The number of aryl methyl sites for hydroxylation is 1. The van der Waals surface area contributed by atoms with Gasteiger partial charge in [-0.05, 0) is 24.5 Å². The van der Waals surface area contributed by atoms with Crippen molar-refractivity contribution in [3.05, 3.63) is 28.8 Å². The summed E-state index contributed by atoms with van der Waals surface area (Å²) in [6, 6.07) is 5.23. The van der Waals surface area contributed by atoms with Gasteiger partial charge in [-0.15, -0.1) is 11.6 Å². The number of rotatable bonds is 5. The molecule has 17 heavy (non-hydrogen) atoms. The summed E-state index contributed by atoms with van der Waals surface area (Å²) >= 11 is 11.6. The molecule has 0 heterocycles. The standard InChI is InChI=1S/C11H15Cl2NO2S/c1-8(6-12)7-17(15,16)14-11-9(2)4-3-5-10(11)13/h3-5,8,14H,6-7H2,1-2H3. The van der Waals surface area contributed by atoms with Gasteiger partial charge in [0.15, 0.2) is 0 Å². The van der Waals surface area contributed by atoms with Gasteiger partial charge in [0, 0.05) is 5.88 Å². The number of anilines is 1. The number of para-hydroxylation sites is 1. The average Bonchev–Trinajstić information content (AvgIpc) is 2.23. The Balaban J connectivity index is 2.91. The maximum absolute atomic E-state index is 11.8. The van der Waals surface area contributed by atoms with Crippen molar-refractivity contribution in [2.24, 2.45) is 5.92 Å². The quantitative estimate of drug-likeness (QED) is 0.848. The number of nitrogens with one attached hydrogen (secondary N) is 1. The summed E-state index contributed by atoms with van der Waals surface area (Å²) in [7, 11) is -3.41. The normalized spacial score (nSPS) is 13.4. The minimum atomic E-state index is -3.41. The molecule has 0 radical (unpaired) electrons. The lowest BCUT2D eigenvalue weighted by atomic mass is 10.2. The van der Waals surface area contributed by atoms with Gasteiger partial charge in [0.2, 0.25) is 10.0 Å². The van der Waals surface area contributed by atoms with Crippen LogP contribution in [0.1, 0.15) is 12.5 Å². The third kappa shape index (κ3) is 4.37. The van der Waals surface area contributed by atoms with E-state index in [0.717, 1.165) is 5.56 Å². The molecule has 6 heteroatoms. The highest BCUT2D eigenvalue weighted by Crippen LogP contribution is 2.26. The number of alkyl halides is 1. The summed E-state index contributed by atoms with van der Waals surface area (Å²) < 4.78 is 26.2. The van der Waals surface area contributed by atoms with Crippen LogP contribution in [-0.4, -0.2) is 20.1 Å². The molecule has 0 saturated heterocycles. The summed E-state index contributed by atoms with van der Waals surface area (Å²) in [5.41, 5.74) is 1.23. The highest BCUT2D eigenvalue weighted by Gasteiger charge is 2.17. The average molecular weight is 296 g/mol. The zero-order valence-corrected chi connectivity index (χ0v) is 12.0. The van der Waals surface area contributed by atoms with Gasteiger partial charge < -0.3 is 0 Å². The van der Waals surface area contributed by atoms with E-state index in [1.54, 1.807) is 32.0 Å². The minimum absolute atomic E-state index is 0.0127. The fourth-order valence-electron chi connectivity index (χ4n) is 1.38. The van der Waals surface area contributed by atoms with Crippen LogP contribution in [0, 0.1) is 12.8 Å². The first-order chi connectivity index (χ1) is 7.85. The summed E-state index contributed by atoms with van der Waals surface area (Å²) in [5.74, 6) is 0.195. The Bertz CT molecular complexity index is 468. The topological polar surface area (TPSA) is 46.2 Å². The van der Waals surface area contributed by atoms with Crippen molar-refractivity contribution in [3.63, 3.8) is 0 Å². The molecule has 0 aliphatic carbocycles. The van der Waals surface area contributed by atoms with E-state index in [0.29, 0.717) is 16.6 Å². The second kappa shape index (κ2) is 5.94. The largest absolute Gasteiger partial charge is 0.282 e. The van der Waals surface area contributed by atoms with Crippen molar-refractivity contribution in [2.45, 2.75) is 13.8 Å². The number of sulfonamides is 1. The van der Waals surface area contributed by atoms with Gasteiger partial charge in [0.1, 0.15) is 0 Å². The molecule has 0 saturated carbocycles. The molecule has 0 amide bonds. The second-order valence-electron chi connectivity index (χ2n) is 4.07. The van der Waals surface area contributed by atoms with Crippen molar-refractivity contribution in [3.8, 4) is 0 Å². The monoisotopic (exact) mass is 295 g/mol. The van der Waals surface area contributed by atoms with E-state index >= 15 is 0 Å². The SMILES string of the molecule is Cc1cccc(Cl)c1NS(=O)(=O)CC(C)CCl. The van der Waals surface area contributed by atoms with Gasteiger partial charge in [0.25, 0.3) is 0 Å². The van der Waals surface area contributed by atoms with Crippen molar-refractivity contribution < 1.29 is 8.42 Å². The predicted molar refractivity (Wildman–Crippen MR) is 73.5 cm³/mol. The van der Waals surface area contributed by atoms with E-state index in [1.807, 2.05) is 0 Å². The Kier molecular flexibility index (Phi) is 5.10. The number of halogens is 2. The molecule has 1 N–H and O–H groups in total. The van der Waals surface area contributed by atoms with E-state index in [1.165, 1.54) is 0 Å². The third-order valence-electron chi connectivity index (χ3n) is 2.25. The number of hydrogen-bond acceptors (Lipinski definition) is 2. The van der Waals surface area contributed by atoms with Crippen LogP contribution in [0.3, 0.4) is 0 Å². The molecule has 96 valence electrons. The highest BCUT2D eigenvalue weighted by molar-refractivity contribution is 7.92. The van der Waals surface area contributed by atoms with Crippen molar-refractivity contribution in [2.75, 3.05) is 16.4 Å². The first-order valence-corrected chi connectivity index (χ1v) is 7.73. The van der Waals surface area contributed by atoms with E-state index in [4.69, 9.17) is 23.2 Å². The summed E-state index contributed by atoms with van der Waals surface area (Å²) in [4.78, 5) is 0. The van der Waals surface area contributed by atoms with Gasteiger partial charge in [-0.25, -0.2) is 8.42 Å². The molecule has 1 atom stereocenters. The molecule has 1 aromatic carbocycles. The van der Waals surface area contributed by atoms with Gasteiger partial charge in [-0.2, -0.15) is 0 Å². The van der Waals surface area contributed by atoms with Gasteiger partial charge in [-0.3, -0.25) is 4.72 Å². The molecule has 0 aliphatic heterocycles. The number of benzene rings is 1. The van der Waals surface area contributed by atoms with E-state index in [9.17, 15) is 8.42 Å². The van der Waals surface area contributed by atoms with Crippen LogP contribution in [0.4, 0.5) is 5.69 Å². The lowest BCUT2D eigenvalue weighted by molar-refractivity contribution is 0.588. The predicted octanol–water partition coefficient (Wildman–Crippen LogP) is 3.27. The molecule has 1 unspecified atom stereocenters. The Hall–Kier alpha value is -0.450. The van der Waals surface area contributed by atoms with Crippen LogP contribution in [0.2, 0.25) is 5.02 Å². The summed E-state index contributed by atoms with van der Waals surface area (Å²) in [5, 5.41) is 0.395. The maximum Gasteiger partial charge on any atom is 0.233 e. The molecular weight excluding hydrogens is 281 g/mol. The molecule has 0 spiro atoms. The van der Waals surface area contributed by atoms with Crippen LogP contribution < -0.4 is 4.72 Å². The van der Waals surface area contributed by atoms with Gasteiger partial charge in [0.05, 0.1) is 16.5 Å². The van der Waals surface area contributed by atoms with Crippen molar-refractivity contribution in [1.82, 2.24) is 0 Å². The van der Waals surface area contributed by atoms with Crippen LogP contribution in [0.25, 0.3) is 0 Å². The zero-order chi connectivity index (χ0) is 13.1. The highest BCUT2D eigenvalue weighted by atomic mass is 35.5. The third-order valence-corrected chi connectivity index (χ3v) is 4.61. The molecule has 0 bridgehead atoms. The van der Waals surface area contributed by atoms with E-state index in [2.05, 4.69) is 4.72 Å². The van der Waals surface area contributed by atoms with Crippen LogP contribution in [0.15, 0.2) is 18.2 Å². The summed E-state index contributed by atoms with van der Waals surface area (Å²) in [6.07, 6.45) is 0. The van der Waals surface area contributed by atoms with Crippen LogP contribution in [-0.2, 0) is 10.0 Å². The van der Waals surface area contributed by atoms with Gasteiger partial charge >= 0.3 is 0 Å². The molecular formula is C11H15Cl2NO2S. The van der Waals surface area contributed by atoms with E-state index < -0.39 is 10.0 Å². The first kappa shape index (κ1) is 14.6. The van der Waals surface area contributed by atoms with Crippen LogP contribution in [0.5, 0.6) is 0 Å². The van der Waals surface area contributed by atoms with Crippen LogP contribution >= 0.6 is 23.2 Å². The minimum Gasteiger partial charge on any atom is -0.282 e. The molecule has 1 rings (SSSR count). The Labute approximate surface area is 112 Å². The fourth-order valence-corrected chi connectivity index (χ4v) is 3.47. The molecule has 0 aliphatic rings. The Morgan fingerprint density at radius 2 is 2.06 bits per heavy atom. The fraction of sp³-hybridized carbons (Fsp3) is 0.455. The Morgan fingerprint density at radius 3 is 2.59 bits per heavy atom. The molecule has 0 aromatic heterocycles. The Morgan fingerprint density at radius 1 is 1.41 bits per heavy atom. The lowest BCUT2D eigenvalue weighted by Crippen LogP contribution is -2.22. The molecule has 3 nitrogen and oxygen atoms in total. The summed E-state index contributed by atoms with van der Waals surface area (Å²) in [6.45, 7) is 3.58. The molecule has 0 fully saturated rings. The zero-order valence-electron chi connectivity index (χ0n) is 9.70. The smallest absolute Gasteiger partial charge is 0.233 e. The second-order valence-corrected chi connectivity index (χ2v) is 6.56. The number of hydrogen-bond donors (Lipinski definition) is 1. The molecule has 1 aromatic rings.